The van der Waals surface area contributed by atoms with Crippen molar-refractivity contribution in [3.63, 3.8) is 0 Å². The summed E-state index contributed by atoms with van der Waals surface area (Å²) < 4.78 is 6.25. The molecule has 0 atom stereocenters. The lowest BCUT2D eigenvalue weighted by atomic mass is 9.91. The SMILES string of the molecule is COCCn1nc(C(C)(C)C)cc(C(C)=O)c1=O. The summed E-state index contributed by atoms with van der Waals surface area (Å²) in [5, 5.41) is 4.30. The van der Waals surface area contributed by atoms with Crippen molar-refractivity contribution in [3.8, 4) is 0 Å². The number of aromatic nitrogens is 2. The number of hydrogen-bond acceptors (Lipinski definition) is 4. The van der Waals surface area contributed by atoms with E-state index < -0.39 is 0 Å². The molecule has 0 radical (unpaired) electrons. The van der Waals surface area contributed by atoms with E-state index >= 15 is 0 Å². The first kappa shape index (κ1) is 14.6. The first-order chi connectivity index (χ1) is 8.27. The molecule has 0 aliphatic rings. The molecule has 0 fully saturated rings. The van der Waals surface area contributed by atoms with Gasteiger partial charge in [0.2, 0.25) is 0 Å². The normalized spacial score (nSPS) is 11.6. The van der Waals surface area contributed by atoms with Crippen molar-refractivity contribution in [3.05, 3.63) is 27.7 Å². The van der Waals surface area contributed by atoms with Crippen molar-refractivity contribution >= 4 is 5.78 Å². The van der Waals surface area contributed by atoms with Gasteiger partial charge in [-0.05, 0) is 13.0 Å². The number of Topliss-reactive ketones (excluding diaryl/α,β-unsaturated/α-hetero) is 1. The van der Waals surface area contributed by atoms with E-state index in [2.05, 4.69) is 5.10 Å². The second-order valence-corrected chi connectivity index (χ2v) is 5.27. The smallest absolute Gasteiger partial charge is 0.277 e. The topological polar surface area (TPSA) is 61.2 Å². The van der Waals surface area contributed by atoms with Crippen LogP contribution in [0, 0.1) is 0 Å². The Morgan fingerprint density at radius 1 is 1.44 bits per heavy atom. The summed E-state index contributed by atoms with van der Waals surface area (Å²) in [5.41, 5.74) is 0.342. The zero-order valence-corrected chi connectivity index (χ0v) is 11.6. The highest BCUT2D eigenvalue weighted by Gasteiger charge is 2.20. The van der Waals surface area contributed by atoms with Crippen molar-refractivity contribution in [2.24, 2.45) is 0 Å². The summed E-state index contributed by atoms with van der Waals surface area (Å²) in [7, 11) is 1.56. The second-order valence-electron chi connectivity index (χ2n) is 5.27. The van der Waals surface area contributed by atoms with Crippen molar-refractivity contribution < 1.29 is 9.53 Å². The van der Waals surface area contributed by atoms with Crippen LogP contribution >= 0.6 is 0 Å². The number of rotatable bonds is 4. The molecule has 0 spiro atoms. The van der Waals surface area contributed by atoms with Crippen LogP contribution in [-0.2, 0) is 16.7 Å². The van der Waals surface area contributed by atoms with Crippen LogP contribution in [0.15, 0.2) is 10.9 Å². The largest absolute Gasteiger partial charge is 0.383 e. The number of carbonyl (C=O) groups is 1. The molecule has 5 heteroatoms. The van der Waals surface area contributed by atoms with Gasteiger partial charge in [-0.3, -0.25) is 9.59 Å². The number of methoxy groups -OCH3 is 1. The predicted molar refractivity (Wildman–Crippen MR) is 69.1 cm³/mol. The van der Waals surface area contributed by atoms with Gasteiger partial charge in [0.15, 0.2) is 5.78 Å². The zero-order valence-electron chi connectivity index (χ0n) is 11.6. The number of ketones is 1. The first-order valence-electron chi connectivity index (χ1n) is 5.90. The first-order valence-corrected chi connectivity index (χ1v) is 5.90. The Kier molecular flexibility index (Phi) is 4.40. The molecule has 0 aliphatic heterocycles. The lowest BCUT2D eigenvalue weighted by Gasteiger charge is -2.19. The highest BCUT2D eigenvalue weighted by Crippen LogP contribution is 2.19. The molecule has 100 valence electrons. The van der Waals surface area contributed by atoms with E-state index in [4.69, 9.17) is 4.74 Å². The van der Waals surface area contributed by atoms with Gasteiger partial charge < -0.3 is 4.74 Å². The van der Waals surface area contributed by atoms with Gasteiger partial charge in [0.05, 0.1) is 24.4 Å². The number of carbonyl (C=O) groups excluding carboxylic acids is 1. The zero-order chi connectivity index (χ0) is 13.9. The fourth-order valence-electron chi connectivity index (χ4n) is 1.49. The predicted octanol–water partition coefficient (Wildman–Crippen LogP) is 1.39. The molecule has 1 heterocycles. The van der Waals surface area contributed by atoms with Crippen LogP contribution in [0.3, 0.4) is 0 Å². The van der Waals surface area contributed by atoms with Gasteiger partial charge in [0.25, 0.3) is 5.56 Å². The molecule has 1 aromatic heterocycles. The Balaban J connectivity index is 3.37. The molecule has 0 saturated heterocycles. The summed E-state index contributed by atoms with van der Waals surface area (Å²) in [4.78, 5) is 23.5. The third-order valence-electron chi connectivity index (χ3n) is 2.63. The summed E-state index contributed by atoms with van der Waals surface area (Å²) >= 11 is 0. The Morgan fingerprint density at radius 3 is 2.50 bits per heavy atom. The maximum absolute atomic E-state index is 12.0. The molecule has 0 N–H and O–H groups in total. The van der Waals surface area contributed by atoms with Gasteiger partial charge >= 0.3 is 0 Å². The van der Waals surface area contributed by atoms with Crippen molar-refractivity contribution in [2.75, 3.05) is 13.7 Å². The summed E-state index contributed by atoms with van der Waals surface area (Å²) in [6.07, 6.45) is 0. The van der Waals surface area contributed by atoms with Crippen molar-refractivity contribution in [1.29, 1.82) is 0 Å². The Bertz CT molecular complexity index is 498. The van der Waals surface area contributed by atoms with Crippen molar-refractivity contribution in [2.45, 2.75) is 39.7 Å². The van der Waals surface area contributed by atoms with Crippen molar-refractivity contribution in [1.82, 2.24) is 9.78 Å². The number of ether oxygens (including phenoxy) is 1. The second kappa shape index (κ2) is 5.44. The average molecular weight is 252 g/mol. The van der Waals surface area contributed by atoms with Crippen LogP contribution in [-0.4, -0.2) is 29.3 Å². The summed E-state index contributed by atoms with van der Waals surface area (Å²) in [6.45, 7) is 8.10. The van der Waals surface area contributed by atoms with E-state index in [0.717, 1.165) is 5.69 Å². The minimum Gasteiger partial charge on any atom is -0.383 e. The monoisotopic (exact) mass is 252 g/mol. The minimum atomic E-state index is -0.354. The molecule has 0 saturated carbocycles. The molecule has 0 unspecified atom stereocenters. The maximum Gasteiger partial charge on any atom is 0.277 e. The molecular weight excluding hydrogens is 232 g/mol. The molecule has 18 heavy (non-hydrogen) atoms. The van der Waals surface area contributed by atoms with E-state index in [0.29, 0.717) is 13.2 Å². The Hall–Kier alpha value is -1.49. The Morgan fingerprint density at radius 2 is 2.06 bits per heavy atom. The van der Waals surface area contributed by atoms with Gasteiger partial charge in [-0.15, -0.1) is 0 Å². The highest BCUT2D eigenvalue weighted by atomic mass is 16.5. The van der Waals surface area contributed by atoms with Crippen LogP contribution in [0.5, 0.6) is 0 Å². The standard InChI is InChI=1S/C13H20N2O3/c1-9(16)10-8-11(13(2,3)4)14-15(12(10)17)6-7-18-5/h8H,6-7H2,1-5H3. The summed E-state index contributed by atoms with van der Waals surface area (Å²) in [5.74, 6) is -0.237. The van der Waals surface area contributed by atoms with Gasteiger partial charge in [-0.2, -0.15) is 5.10 Å². The van der Waals surface area contributed by atoms with Crippen LogP contribution in [0.2, 0.25) is 0 Å². The fourth-order valence-corrected chi connectivity index (χ4v) is 1.49. The number of nitrogens with zero attached hydrogens (tertiary/aromatic N) is 2. The molecule has 1 rings (SSSR count). The Labute approximate surface area is 107 Å². The fraction of sp³-hybridized carbons (Fsp3) is 0.615. The molecule has 5 nitrogen and oxygen atoms in total. The van der Waals surface area contributed by atoms with Crippen LogP contribution in [0.25, 0.3) is 0 Å². The van der Waals surface area contributed by atoms with Gasteiger partial charge in [-0.25, -0.2) is 4.68 Å². The maximum atomic E-state index is 12.0. The van der Waals surface area contributed by atoms with E-state index in [9.17, 15) is 9.59 Å². The lowest BCUT2D eigenvalue weighted by molar-refractivity contribution is 0.101. The van der Waals surface area contributed by atoms with E-state index in [1.54, 1.807) is 13.2 Å². The average Bonchev–Trinajstić information content (AvgIpc) is 2.25. The third kappa shape index (κ3) is 3.26. The molecule has 0 aliphatic carbocycles. The molecule has 0 amide bonds. The number of hydrogen-bond donors (Lipinski definition) is 0. The third-order valence-corrected chi connectivity index (χ3v) is 2.63. The van der Waals surface area contributed by atoms with E-state index in [-0.39, 0.29) is 22.3 Å². The van der Waals surface area contributed by atoms with Crippen LogP contribution in [0.4, 0.5) is 0 Å². The van der Waals surface area contributed by atoms with E-state index in [1.807, 2.05) is 20.8 Å². The van der Waals surface area contributed by atoms with Gasteiger partial charge in [0, 0.05) is 12.5 Å². The highest BCUT2D eigenvalue weighted by molar-refractivity contribution is 5.93. The van der Waals surface area contributed by atoms with Gasteiger partial charge in [-0.1, -0.05) is 20.8 Å². The van der Waals surface area contributed by atoms with Crippen LogP contribution < -0.4 is 5.56 Å². The lowest BCUT2D eigenvalue weighted by Crippen LogP contribution is -2.32. The van der Waals surface area contributed by atoms with E-state index in [1.165, 1.54) is 11.6 Å². The molecule has 1 aromatic rings. The van der Waals surface area contributed by atoms with Crippen LogP contribution in [0.1, 0.15) is 43.7 Å². The van der Waals surface area contributed by atoms with Gasteiger partial charge in [0.1, 0.15) is 0 Å². The molecule has 0 aromatic carbocycles. The summed E-state index contributed by atoms with van der Waals surface area (Å²) in [6, 6.07) is 1.59. The quantitative estimate of drug-likeness (QED) is 0.760. The molecular formula is C13H20N2O3. The molecule has 0 bridgehead atoms. The minimum absolute atomic E-state index is 0.186.